The molecule has 2 heterocycles. The molecule has 0 bridgehead atoms. The van der Waals surface area contributed by atoms with Gasteiger partial charge in [0.25, 0.3) is 0 Å². The normalized spacial score (nSPS) is 12.8. The maximum Gasteiger partial charge on any atom is 0.0865 e. The zero-order valence-corrected chi connectivity index (χ0v) is 13.4. The lowest BCUT2D eigenvalue weighted by atomic mass is 10.2. The van der Waals surface area contributed by atoms with E-state index in [1.165, 1.54) is 5.56 Å². The van der Waals surface area contributed by atoms with Crippen LogP contribution in [0.25, 0.3) is 0 Å². The van der Waals surface area contributed by atoms with Crippen molar-refractivity contribution < 1.29 is 0 Å². The van der Waals surface area contributed by atoms with E-state index in [4.69, 9.17) is 11.6 Å². The second-order valence-electron chi connectivity index (χ2n) is 5.26. The van der Waals surface area contributed by atoms with Crippen LogP contribution in [0.1, 0.15) is 43.3 Å². The zero-order chi connectivity index (χ0) is 14.7. The number of aromatic nitrogens is 3. The minimum absolute atomic E-state index is 0.375. The van der Waals surface area contributed by atoms with Gasteiger partial charge in [0, 0.05) is 25.5 Å². The van der Waals surface area contributed by atoms with Crippen LogP contribution >= 0.6 is 11.6 Å². The molecule has 0 saturated carbocycles. The molecule has 5 heteroatoms. The van der Waals surface area contributed by atoms with Gasteiger partial charge in [0.2, 0.25) is 0 Å². The van der Waals surface area contributed by atoms with Gasteiger partial charge in [0.15, 0.2) is 0 Å². The number of aryl methyl sites for hydroxylation is 2. The largest absolute Gasteiger partial charge is 0.348 e. The van der Waals surface area contributed by atoms with Gasteiger partial charge in [-0.25, -0.2) is 0 Å². The molecule has 20 heavy (non-hydrogen) atoms. The molecule has 0 radical (unpaired) electrons. The summed E-state index contributed by atoms with van der Waals surface area (Å²) in [6.45, 7) is 8.09. The van der Waals surface area contributed by atoms with Crippen molar-refractivity contribution in [3.63, 3.8) is 0 Å². The van der Waals surface area contributed by atoms with Crippen LogP contribution in [0, 0.1) is 6.92 Å². The summed E-state index contributed by atoms with van der Waals surface area (Å²) in [5, 5.41) is 8.61. The van der Waals surface area contributed by atoms with Crippen molar-refractivity contribution in [3.05, 3.63) is 40.4 Å². The Morgan fingerprint density at radius 3 is 2.80 bits per heavy atom. The summed E-state index contributed by atoms with van der Waals surface area (Å²) in [6.07, 6.45) is 5.42. The van der Waals surface area contributed by atoms with Crippen LogP contribution < -0.4 is 5.32 Å². The second kappa shape index (κ2) is 6.46. The van der Waals surface area contributed by atoms with Gasteiger partial charge in [-0.05, 0) is 38.4 Å². The highest BCUT2D eigenvalue weighted by Crippen LogP contribution is 2.21. The van der Waals surface area contributed by atoms with E-state index < -0.39 is 0 Å². The minimum Gasteiger partial charge on any atom is -0.348 e. The Hall–Kier alpha value is -1.26. The predicted octanol–water partition coefficient (Wildman–Crippen LogP) is 3.29. The van der Waals surface area contributed by atoms with Crippen LogP contribution in [0.4, 0.5) is 0 Å². The predicted molar refractivity (Wildman–Crippen MR) is 83.2 cm³/mol. The molecule has 110 valence electrons. The van der Waals surface area contributed by atoms with Crippen molar-refractivity contribution in [2.75, 3.05) is 6.54 Å². The maximum atomic E-state index is 6.29. The number of nitrogens with one attached hydrogen (secondary N) is 1. The summed E-state index contributed by atoms with van der Waals surface area (Å²) in [6, 6.07) is 2.53. The molecule has 2 aromatic rings. The maximum absolute atomic E-state index is 6.29. The van der Waals surface area contributed by atoms with Crippen LogP contribution in [0.2, 0.25) is 5.02 Å². The lowest BCUT2D eigenvalue weighted by molar-refractivity contribution is 0.569. The van der Waals surface area contributed by atoms with E-state index in [1.54, 1.807) is 0 Å². The van der Waals surface area contributed by atoms with E-state index in [9.17, 15) is 0 Å². The van der Waals surface area contributed by atoms with Crippen molar-refractivity contribution in [1.29, 1.82) is 0 Å². The Balaban J connectivity index is 2.09. The summed E-state index contributed by atoms with van der Waals surface area (Å²) in [7, 11) is 1.93. The molecule has 1 unspecified atom stereocenters. The Labute approximate surface area is 125 Å². The zero-order valence-electron chi connectivity index (χ0n) is 12.7. The monoisotopic (exact) mass is 294 g/mol. The Kier molecular flexibility index (Phi) is 4.89. The van der Waals surface area contributed by atoms with E-state index in [2.05, 4.69) is 47.3 Å². The smallest absolute Gasteiger partial charge is 0.0865 e. The molecule has 1 N–H and O–H groups in total. The van der Waals surface area contributed by atoms with Crippen LogP contribution in [-0.4, -0.2) is 20.9 Å². The van der Waals surface area contributed by atoms with Crippen molar-refractivity contribution in [2.24, 2.45) is 7.05 Å². The molecule has 0 aliphatic heterocycles. The molecule has 1 atom stereocenters. The summed E-state index contributed by atoms with van der Waals surface area (Å²) in [4.78, 5) is 0. The van der Waals surface area contributed by atoms with Gasteiger partial charge in [-0.3, -0.25) is 4.68 Å². The Morgan fingerprint density at radius 1 is 1.45 bits per heavy atom. The molecule has 0 aromatic carbocycles. The van der Waals surface area contributed by atoms with E-state index in [0.29, 0.717) is 6.04 Å². The van der Waals surface area contributed by atoms with E-state index in [0.717, 1.165) is 35.9 Å². The average Bonchev–Trinajstić information content (AvgIpc) is 2.97. The number of hydrogen-bond donors (Lipinski definition) is 1. The Bertz CT molecular complexity index is 570. The van der Waals surface area contributed by atoms with Gasteiger partial charge >= 0.3 is 0 Å². The summed E-state index contributed by atoms with van der Waals surface area (Å²) in [5.74, 6) is 0. The minimum atomic E-state index is 0.375. The van der Waals surface area contributed by atoms with Gasteiger partial charge in [0.05, 0.1) is 23.0 Å². The molecule has 0 aliphatic carbocycles. The SMILES string of the molecule is CCCNC(C)c1ccn(Cc2c(Cl)c(C)nn2C)c1. The van der Waals surface area contributed by atoms with Crippen molar-refractivity contribution in [1.82, 2.24) is 19.7 Å². The van der Waals surface area contributed by atoms with Gasteiger partial charge in [-0.15, -0.1) is 0 Å². The summed E-state index contributed by atoms with van der Waals surface area (Å²) >= 11 is 6.29. The first-order valence-corrected chi connectivity index (χ1v) is 7.47. The van der Waals surface area contributed by atoms with Crippen LogP contribution in [0.3, 0.4) is 0 Å². The van der Waals surface area contributed by atoms with Crippen molar-refractivity contribution in [3.8, 4) is 0 Å². The lowest BCUT2D eigenvalue weighted by Crippen LogP contribution is -2.18. The fourth-order valence-corrected chi connectivity index (χ4v) is 2.54. The number of nitrogens with zero attached hydrogens (tertiary/aromatic N) is 3. The molecular formula is C15H23ClN4. The highest BCUT2D eigenvalue weighted by Gasteiger charge is 2.12. The van der Waals surface area contributed by atoms with E-state index in [1.807, 2.05) is 18.7 Å². The molecule has 0 fully saturated rings. The van der Waals surface area contributed by atoms with Gasteiger partial charge in [-0.2, -0.15) is 5.10 Å². The molecule has 2 rings (SSSR count). The average molecular weight is 295 g/mol. The first-order valence-electron chi connectivity index (χ1n) is 7.10. The molecule has 0 amide bonds. The highest BCUT2D eigenvalue weighted by atomic mass is 35.5. The topological polar surface area (TPSA) is 34.8 Å². The number of halogens is 1. The standard InChI is InChI=1S/C15H23ClN4/c1-5-7-17-11(2)13-6-8-20(9-13)10-14-15(16)12(3)18-19(14)4/h6,8-9,11,17H,5,7,10H2,1-4H3. The lowest BCUT2D eigenvalue weighted by Gasteiger charge is -2.11. The Morgan fingerprint density at radius 2 is 2.20 bits per heavy atom. The molecule has 4 nitrogen and oxygen atoms in total. The van der Waals surface area contributed by atoms with Gasteiger partial charge in [0.1, 0.15) is 0 Å². The van der Waals surface area contributed by atoms with Gasteiger partial charge < -0.3 is 9.88 Å². The summed E-state index contributed by atoms with van der Waals surface area (Å²) < 4.78 is 4.01. The third-order valence-corrected chi connectivity index (χ3v) is 4.06. The molecule has 0 saturated heterocycles. The fourth-order valence-electron chi connectivity index (χ4n) is 2.32. The second-order valence-corrected chi connectivity index (χ2v) is 5.64. The molecule has 0 aliphatic rings. The summed E-state index contributed by atoms with van der Waals surface area (Å²) in [5.41, 5.74) is 3.23. The third-order valence-electron chi connectivity index (χ3n) is 3.57. The number of hydrogen-bond acceptors (Lipinski definition) is 2. The van der Waals surface area contributed by atoms with Crippen LogP contribution in [0.15, 0.2) is 18.5 Å². The van der Waals surface area contributed by atoms with Crippen LogP contribution in [-0.2, 0) is 13.6 Å². The number of rotatable bonds is 6. The van der Waals surface area contributed by atoms with Crippen molar-refractivity contribution in [2.45, 2.75) is 39.8 Å². The van der Waals surface area contributed by atoms with Crippen molar-refractivity contribution >= 4 is 11.6 Å². The molecule has 0 spiro atoms. The quantitative estimate of drug-likeness (QED) is 0.887. The first-order chi connectivity index (χ1) is 9.52. The highest BCUT2D eigenvalue weighted by molar-refractivity contribution is 6.31. The molecular weight excluding hydrogens is 272 g/mol. The third kappa shape index (κ3) is 3.25. The first kappa shape index (κ1) is 15.1. The van der Waals surface area contributed by atoms with E-state index >= 15 is 0 Å². The molecule has 2 aromatic heterocycles. The van der Waals surface area contributed by atoms with Crippen LogP contribution in [0.5, 0.6) is 0 Å². The fraction of sp³-hybridized carbons (Fsp3) is 0.533. The van der Waals surface area contributed by atoms with E-state index in [-0.39, 0.29) is 0 Å². The van der Waals surface area contributed by atoms with Gasteiger partial charge in [-0.1, -0.05) is 18.5 Å².